The second kappa shape index (κ2) is 5.13. The van der Waals surface area contributed by atoms with Crippen LogP contribution in [0.15, 0.2) is 34.8 Å². The van der Waals surface area contributed by atoms with Crippen molar-refractivity contribution in [1.82, 2.24) is 0 Å². The van der Waals surface area contributed by atoms with Crippen LogP contribution in [0.2, 0.25) is 0 Å². The van der Waals surface area contributed by atoms with Gasteiger partial charge in [-0.1, -0.05) is 12.1 Å². The van der Waals surface area contributed by atoms with Crippen LogP contribution in [0.1, 0.15) is 11.1 Å². The minimum atomic E-state index is -4.40. The van der Waals surface area contributed by atoms with Gasteiger partial charge in [-0.25, -0.2) is 4.39 Å². The molecule has 6 heteroatoms. The molecule has 0 aromatic heterocycles. The molecule has 1 N–H and O–H groups in total. The molecule has 1 aromatic rings. The highest BCUT2D eigenvalue weighted by Gasteiger charge is 2.35. The summed E-state index contributed by atoms with van der Waals surface area (Å²) in [5, 5.41) is 8.82. The number of benzene rings is 1. The van der Waals surface area contributed by atoms with Crippen LogP contribution in [0.5, 0.6) is 0 Å². The van der Waals surface area contributed by atoms with Crippen molar-refractivity contribution in [2.24, 2.45) is 4.99 Å². The minimum absolute atomic E-state index is 0.158. The number of rotatable bonds is 3. The zero-order valence-electron chi connectivity index (χ0n) is 9.78. The molecule has 1 aliphatic rings. The molecule has 19 heavy (non-hydrogen) atoms. The highest BCUT2D eigenvalue weighted by molar-refractivity contribution is 5.83. The van der Waals surface area contributed by atoms with Crippen LogP contribution in [0.4, 0.5) is 17.6 Å². The lowest BCUT2D eigenvalue weighted by atomic mass is 10.0. The van der Waals surface area contributed by atoms with Gasteiger partial charge in [0.15, 0.2) is 0 Å². The Bertz CT molecular complexity index is 534. The number of nitrogens with zero attached hydrogens (tertiary/aromatic N) is 1. The summed E-state index contributed by atoms with van der Waals surface area (Å²) in [6, 6.07) is 3.57. The molecule has 102 valence electrons. The van der Waals surface area contributed by atoms with Gasteiger partial charge in [0.25, 0.3) is 0 Å². The Morgan fingerprint density at radius 2 is 2.00 bits per heavy atom. The molecular formula is C13H11F4NO. The zero-order chi connectivity index (χ0) is 14.0. The fourth-order valence-corrected chi connectivity index (χ4v) is 1.84. The van der Waals surface area contributed by atoms with Crippen LogP contribution in [-0.2, 0) is 13.0 Å². The van der Waals surface area contributed by atoms with E-state index in [1.165, 1.54) is 12.1 Å². The Balaban J connectivity index is 2.10. The first-order valence-corrected chi connectivity index (χ1v) is 5.60. The number of hydrogen-bond donors (Lipinski definition) is 1. The summed E-state index contributed by atoms with van der Waals surface area (Å²) in [7, 11) is 0. The smallest absolute Gasteiger partial charge is 0.392 e. The van der Waals surface area contributed by atoms with E-state index in [0.29, 0.717) is 5.56 Å². The summed E-state index contributed by atoms with van der Waals surface area (Å²) in [4.78, 5) is 3.74. The van der Waals surface area contributed by atoms with Crippen molar-refractivity contribution in [3.63, 3.8) is 0 Å². The molecule has 0 bridgehead atoms. The lowest BCUT2D eigenvalue weighted by Gasteiger charge is -2.07. The van der Waals surface area contributed by atoms with Crippen LogP contribution >= 0.6 is 0 Å². The van der Waals surface area contributed by atoms with Crippen LogP contribution in [-0.4, -0.2) is 23.5 Å². The van der Waals surface area contributed by atoms with E-state index in [1.807, 2.05) is 0 Å². The molecule has 1 atom stereocenters. The third-order valence-corrected chi connectivity index (χ3v) is 2.84. The van der Waals surface area contributed by atoms with Gasteiger partial charge in [0, 0.05) is 11.8 Å². The van der Waals surface area contributed by atoms with Crippen molar-refractivity contribution in [3.05, 3.63) is 46.8 Å². The molecule has 1 unspecified atom stereocenters. The maximum atomic E-state index is 13.4. The van der Waals surface area contributed by atoms with E-state index in [2.05, 4.69) is 4.99 Å². The second-order valence-electron chi connectivity index (χ2n) is 4.25. The van der Waals surface area contributed by atoms with E-state index >= 15 is 0 Å². The highest BCUT2D eigenvalue weighted by Crippen LogP contribution is 2.28. The van der Waals surface area contributed by atoms with Crippen molar-refractivity contribution in [2.45, 2.75) is 25.2 Å². The largest absolute Gasteiger partial charge is 0.417 e. The summed E-state index contributed by atoms with van der Waals surface area (Å²) in [6.45, 7) is -0.411. The van der Waals surface area contributed by atoms with E-state index in [1.54, 1.807) is 6.07 Å². The van der Waals surface area contributed by atoms with Crippen molar-refractivity contribution in [2.75, 3.05) is 0 Å². The number of alkyl halides is 3. The highest BCUT2D eigenvalue weighted by atomic mass is 19.4. The van der Waals surface area contributed by atoms with Crippen LogP contribution < -0.4 is 0 Å². The van der Waals surface area contributed by atoms with Crippen molar-refractivity contribution in [3.8, 4) is 0 Å². The van der Waals surface area contributed by atoms with E-state index in [0.717, 1.165) is 12.3 Å². The van der Waals surface area contributed by atoms with Crippen molar-refractivity contribution >= 4 is 6.21 Å². The molecule has 2 nitrogen and oxygen atoms in total. The van der Waals surface area contributed by atoms with Gasteiger partial charge in [0.1, 0.15) is 5.82 Å². The Labute approximate surface area is 107 Å². The van der Waals surface area contributed by atoms with E-state index in [-0.39, 0.29) is 12.0 Å². The second-order valence-corrected chi connectivity index (χ2v) is 4.25. The van der Waals surface area contributed by atoms with E-state index in [9.17, 15) is 17.6 Å². The summed E-state index contributed by atoms with van der Waals surface area (Å²) < 4.78 is 50.6. The first-order chi connectivity index (χ1) is 8.90. The number of aliphatic imine (C=N–C) groups is 1. The molecule has 1 aromatic carbocycles. The average Bonchev–Trinajstić information content (AvgIpc) is 2.77. The fraction of sp³-hybridized carbons (Fsp3) is 0.308. The number of allylic oxidation sites excluding steroid dienone is 1. The Hall–Kier alpha value is -1.69. The van der Waals surface area contributed by atoms with Gasteiger partial charge in [-0.2, -0.15) is 13.2 Å². The molecule has 0 fully saturated rings. The monoisotopic (exact) mass is 273 g/mol. The quantitative estimate of drug-likeness (QED) is 0.844. The summed E-state index contributed by atoms with van der Waals surface area (Å²) in [6.07, 6.45) is -2.38. The van der Waals surface area contributed by atoms with Crippen LogP contribution in [0, 0.1) is 5.82 Å². The average molecular weight is 273 g/mol. The molecule has 0 spiro atoms. The number of aliphatic hydroxyl groups excluding tert-OH is 1. The van der Waals surface area contributed by atoms with Gasteiger partial charge in [-0.3, -0.25) is 4.99 Å². The zero-order valence-corrected chi connectivity index (χ0v) is 9.78. The van der Waals surface area contributed by atoms with Gasteiger partial charge in [-0.05, 0) is 24.1 Å². The maximum Gasteiger partial charge on any atom is 0.417 e. The maximum absolute atomic E-state index is 13.4. The van der Waals surface area contributed by atoms with Crippen molar-refractivity contribution in [1.29, 1.82) is 0 Å². The fourth-order valence-electron chi connectivity index (χ4n) is 1.84. The minimum Gasteiger partial charge on any atom is -0.392 e. The van der Waals surface area contributed by atoms with E-state index in [4.69, 9.17) is 5.11 Å². The summed E-state index contributed by atoms with van der Waals surface area (Å²) in [5.41, 5.74) is -0.0772. The lowest BCUT2D eigenvalue weighted by Crippen LogP contribution is -2.11. The predicted octanol–water partition coefficient (Wildman–Crippen LogP) is 2.80. The van der Waals surface area contributed by atoms with E-state index < -0.39 is 30.2 Å². The van der Waals surface area contributed by atoms with Crippen molar-refractivity contribution < 1.29 is 22.7 Å². The summed E-state index contributed by atoms with van der Waals surface area (Å²) in [5.74, 6) is -0.568. The van der Waals surface area contributed by atoms with Gasteiger partial charge < -0.3 is 5.11 Å². The Kier molecular flexibility index (Phi) is 3.71. The SMILES string of the molecule is OCc1ccc(CC2C=C(C(F)(F)F)C=N2)cc1F. The predicted molar refractivity (Wildman–Crippen MR) is 62.4 cm³/mol. The molecule has 1 heterocycles. The van der Waals surface area contributed by atoms with Crippen LogP contribution in [0.3, 0.4) is 0 Å². The molecular weight excluding hydrogens is 262 g/mol. The topological polar surface area (TPSA) is 32.6 Å². The molecule has 0 amide bonds. The molecule has 0 radical (unpaired) electrons. The number of halogens is 4. The molecule has 0 saturated carbocycles. The van der Waals surface area contributed by atoms with Gasteiger partial charge in [0.2, 0.25) is 0 Å². The number of hydrogen-bond acceptors (Lipinski definition) is 2. The normalized spacial score (nSPS) is 18.8. The van der Waals surface area contributed by atoms with Crippen LogP contribution in [0.25, 0.3) is 0 Å². The van der Waals surface area contributed by atoms with Gasteiger partial charge in [-0.15, -0.1) is 0 Å². The van der Waals surface area contributed by atoms with Gasteiger partial charge >= 0.3 is 6.18 Å². The first-order valence-electron chi connectivity index (χ1n) is 5.60. The molecule has 2 rings (SSSR count). The van der Waals surface area contributed by atoms with Gasteiger partial charge in [0.05, 0.1) is 18.2 Å². The molecule has 0 aliphatic carbocycles. The molecule has 1 aliphatic heterocycles. The summed E-state index contributed by atoms with van der Waals surface area (Å²) >= 11 is 0. The standard InChI is InChI=1S/C13H11F4NO/c14-12-4-8(1-2-9(12)7-19)3-11-5-10(6-18-11)13(15,16)17/h1-2,4-6,11,19H,3,7H2. The first kappa shape index (κ1) is 13.7. The third kappa shape index (κ3) is 3.20. The lowest BCUT2D eigenvalue weighted by molar-refractivity contribution is -0.0855. The number of aliphatic hydroxyl groups is 1. The third-order valence-electron chi connectivity index (χ3n) is 2.84. The Morgan fingerprint density at radius 1 is 1.26 bits per heavy atom. The Morgan fingerprint density at radius 3 is 2.53 bits per heavy atom. The molecule has 0 saturated heterocycles.